The molecule has 1 aromatic rings. The van der Waals surface area contributed by atoms with Crippen molar-refractivity contribution in [2.75, 3.05) is 12.3 Å². The molecule has 5 nitrogen and oxygen atoms in total. The molecule has 1 rings (SSSR count). The second kappa shape index (κ2) is 4.32. The molecule has 0 spiro atoms. The summed E-state index contributed by atoms with van der Waals surface area (Å²) >= 11 is 5.72. The molecular weight excluding hydrogens is 204 g/mol. The van der Waals surface area contributed by atoms with Crippen LogP contribution in [0.25, 0.3) is 0 Å². The Kier molecular flexibility index (Phi) is 3.35. The van der Waals surface area contributed by atoms with Crippen molar-refractivity contribution in [1.29, 1.82) is 0 Å². The number of amides is 1. The summed E-state index contributed by atoms with van der Waals surface area (Å²) in [5, 5.41) is 6.97. The lowest BCUT2D eigenvalue weighted by Gasteiger charge is -2.10. The Balaban J connectivity index is 2.78. The normalized spacial score (nSPS) is 12.5. The number of likely N-dealkylation sites (N-methyl/N-ethyl adjacent to an activating group) is 1. The van der Waals surface area contributed by atoms with Gasteiger partial charge in [0.05, 0.1) is 0 Å². The maximum Gasteiger partial charge on any atom is 0.244 e. The Morgan fingerprint density at radius 1 is 1.86 bits per heavy atom. The molecule has 1 atom stereocenters. The average Bonchev–Trinajstić information content (AvgIpc) is 2.46. The van der Waals surface area contributed by atoms with E-state index in [1.165, 1.54) is 10.9 Å². The van der Waals surface area contributed by atoms with Crippen LogP contribution in [0.2, 0.25) is 5.02 Å². The molecule has 0 saturated heterocycles. The Bertz CT molecular complexity index is 317. The van der Waals surface area contributed by atoms with Crippen molar-refractivity contribution in [3.8, 4) is 0 Å². The summed E-state index contributed by atoms with van der Waals surface area (Å²) in [5.41, 5.74) is 5.46. The highest BCUT2D eigenvalue weighted by molar-refractivity contribution is 6.32. The quantitative estimate of drug-likeness (QED) is 0.786. The van der Waals surface area contributed by atoms with E-state index in [2.05, 4.69) is 10.4 Å². The van der Waals surface area contributed by atoms with Gasteiger partial charge in [-0.05, 0) is 13.8 Å². The van der Waals surface area contributed by atoms with Crippen LogP contribution in [-0.4, -0.2) is 22.2 Å². The molecule has 0 saturated carbocycles. The number of hydrogen-bond donors (Lipinski definition) is 2. The van der Waals surface area contributed by atoms with Gasteiger partial charge in [-0.15, -0.1) is 0 Å². The van der Waals surface area contributed by atoms with E-state index in [0.717, 1.165) is 0 Å². The molecule has 1 amide bonds. The maximum atomic E-state index is 11.4. The number of hydrogen-bond acceptors (Lipinski definition) is 3. The largest absolute Gasteiger partial charge is 0.381 e. The minimum Gasteiger partial charge on any atom is -0.381 e. The third kappa shape index (κ3) is 2.17. The van der Waals surface area contributed by atoms with Crippen LogP contribution < -0.4 is 11.1 Å². The summed E-state index contributed by atoms with van der Waals surface area (Å²) in [4.78, 5) is 11.4. The van der Waals surface area contributed by atoms with Gasteiger partial charge in [-0.3, -0.25) is 9.48 Å². The molecule has 0 radical (unpaired) electrons. The van der Waals surface area contributed by atoms with Gasteiger partial charge < -0.3 is 11.1 Å². The van der Waals surface area contributed by atoms with Gasteiger partial charge in [0, 0.05) is 12.7 Å². The second-order valence-corrected chi connectivity index (χ2v) is 3.32. The first-order chi connectivity index (χ1) is 6.56. The minimum absolute atomic E-state index is 0.105. The molecule has 1 aromatic heterocycles. The number of nitrogens with one attached hydrogen (secondary N) is 1. The zero-order valence-corrected chi connectivity index (χ0v) is 8.88. The zero-order valence-electron chi connectivity index (χ0n) is 8.12. The summed E-state index contributed by atoms with van der Waals surface area (Å²) in [7, 11) is 0. The SMILES string of the molecule is CCNC(=O)C(C)n1cc(Cl)c(N)n1. The minimum atomic E-state index is -0.398. The Morgan fingerprint density at radius 2 is 2.50 bits per heavy atom. The third-order valence-electron chi connectivity index (χ3n) is 1.84. The summed E-state index contributed by atoms with van der Waals surface area (Å²) in [6.07, 6.45) is 1.54. The van der Waals surface area contributed by atoms with Crippen molar-refractivity contribution in [3.63, 3.8) is 0 Å². The number of carbonyl (C=O) groups is 1. The molecule has 0 aliphatic heterocycles. The molecular formula is C8H13ClN4O. The fourth-order valence-corrected chi connectivity index (χ4v) is 1.16. The van der Waals surface area contributed by atoms with Gasteiger partial charge in [0.2, 0.25) is 5.91 Å². The van der Waals surface area contributed by atoms with Gasteiger partial charge in [-0.25, -0.2) is 0 Å². The number of nitrogen functional groups attached to an aromatic ring is 1. The summed E-state index contributed by atoms with van der Waals surface area (Å²) in [6, 6.07) is -0.398. The van der Waals surface area contributed by atoms with Crippen LogP contribution in [0.1, 0.15) is 19.9 Å². The molecule has 6 heteroatoms. The third-order valence-corrected chi connectivity index (χ3v) is 2.13. The molecule has 0 bridgehead atoms. The lowest BCUT2D eigenvalue weighted by atomic mass is 10.3. The molecule has 14 heavy (non-hydrogen) atoms. The Labute approximate surface area is 87.2 Å². The van der Waals surface area contributed by atoms with E-state index in [9.17, 15) is 4.79 Å². The lowest BCUT2D eigenvalue weighted by Crippen LogP contribution is -2.30. The fourth-order valence-electron chi connectivity index (χ4n) is 1.02. The number of anilines is 1. The van der Waals surface area contributed by atoms with Gasteiger partial charge in [0.15, 0.2) is 5.82 Å². The first-order valence-electron chi connectivity index (χ1n) is 4.34. The highest BCUT2D eigenvalue weighted by Gasteiger charge is 2.16. The first-order valence-corrected chi connectivity index (χ1v) is 4.72. The van der Waals surface area contributed by atoms with Gasteiger partial charge >= 0.3 is 0 Å². The molecule has 0 aliphatic rings. The van der Waals surface area contributed by atoms with E-state index >= 15 is 0 Å². The van der Waals surface area contributed by atoms with E-state index in [4.69, 9.17) is 17.3 Å². The maximum absolute atomic E-state index is 11.4. The summed E-state index contributed by atoms with van der Waals surface area (Å²) < 4.78 is 1.45. The van der Waals surface area contributed by atoms with Crippen molar-refractivity contribution in [1.82, 2.24) is 15.1 Å². The van der Waals surface area contributed by atoms with Crippen LogP contribution in [0.4, 0.5) is 5.82 Å². The number of carbonyl (C=O) groups excluding carboxylic acids is 1. The average molecular weight is 217 g/mol. The zero-order chi connectivity index (χ0) is 10.7. The van der Waals surface area contributed by atoms with Crippen LogP contribution in [0, 0.1) is 0 Å². The molecule has 1 unspecified atom stereocenters. The first kappa shape index (κ1) is 10.8. The van der Waals surface area contributed by atoms with Crippen LogP contribution >= 0.6 is 11.6 Å². The van der Waals surface area contributed by atoms with E-state index in [1.807, 2.05) is 6.92 Å². The number of rotatable bonds is 3. The standard InChI is InChI=1S/C8H13ClN4O/c1-3-11-8(14)5(2)13-4-6(9)7(10)12-13/h4-5H,3H2,1-2H3,(H2,10,12)(H,11,14). The van der Waals surface area contributed by atoms with Crippen molar-refractivity contribution in [2.45, 2.75) is 19.9 Å². The predicted octanol–water partition coefficient (Wildman–Crippen LogP) is 0.816. The lowest BCUT2D eigenvalue weighted by molar-refractivity contribution is -0.124. The van der Waals surface area contributed by atoms with Crippen molar-refractivity contribution >= 4 is 23.3 Å². The highest BCUT2D eigenvalue weighted by atomic mass is 35.5. The smallest absolute Gasteiger partial charge is 0.244 e. The van der Waals surface area contributed by atoms with Crippen molar-refractivity contribution < 1.29 is 4.79 Å². The topological polar surface area (TPSA) is 72.9 Å². The van der Waals surface area contributed by atoms with Crippen LogP contribution in [0.15, 0.2) is 6.20 Å². The second-order valence-electron chi connectivity index (χ2n) is 2.91. The molecule has 1 heterocycles. The number of halogens is 1. The van der Waals surface area contributed by atoms with Crippen molar-refractivity contribution in [2.24, 2.45) is 0 Å². The predicted molar refractivity (Wildman–Crippen MR) is 55.0 cm³/mol. The van der Waals surface area contributed by atoms with E-state index < -0.39 is 6.04 Å². The monoisotopic (exact) mass is 216 g/mol. The number of nitrogens with zero attached hydrogens (tertiary/aromatic N) is 2. The van der Waals surface area contributed by atoms with Crippen LogP contribution in [-0.2, 0) is 4.79 Å². The van der Waals surface area contributed by atoms with Gasteiger partial charge in [-0.2, -0.15) is 5.10 Å². The van der Waals surface area contributed by atoms with Gasteiger partial charge in [0.25, 0.3) is 0 Å². The fraction of sp³-hybridized carbons (Fsp3) is 0.500. The van der Waals surface area contributed by atoms with E-state index in [1.54, 1.807) is 6.92 Å². The molecule has 0 aromatic carbocycles. The highest BCUT2D eigenvalue weighted by Crippen LogP contribution is 2.18. The Hall–Kier alpha value is -1.23. The van der Waals surface area contributed by atoms with Crippen LogP contribution in [0.3, 0.4) is 0 Å². The Morgan fingerprint density at radius 3 is 2.93 bits per heavy atom. The molecule has 0 fully saturated rings. The van der Waals surface area contributed by atoms with E-state index in [-0.39, 0.29) is 11.7 Å². The van der Waals surface area contributed by atoms with Crippen LogP contribution in [0.5, 0.6) is 0 Å². The summed E-state index contributed by atoms with van der Waals surface area (Å²) in [6.45, 7) is 4.18. The van der Waals surface area contributed by atoms with Gasteiger partial charge in [-0.1, -0.05) is 11.6 Å². The molecule has 3 N–H and O–H groups in total. The van der Waals surface area contributed by atoms with E-state index in [0.29, 0.717) is 11.6 Å². The van der Waals surface area contributed by atoms with Gasteiger partial charge in [0.1, 0.15) is 11.1 Å². The number of aromatic nitrogens is 2. The van der Waals surface area contributed by atoms with Crippen molar-refractivity contribution in [3.05, 3.63) is 11.2 Å². The molecule has 0 aliphatic carbocycles. The summed E-state index contributed by atoms with van der Waals surface area (Å²) in [5.74, 6) is 0.134. The number of nitrogens with two attached hydrogens (primary N) is 1. The molecule has 78 valence electrons.